The number of rotatable bonds is 3. The third kappa shape index (κ3) is 3.63. The number of aryl methyl sites for hydroxylation is 2. The van der Waals surface area contributed by atoms with E-state index in [0.29, 0.717) is 18.1 Å². The lowest BCUT2D eigenvalue weighted by Gasteiger charge is -2.18. The van der Waals surface area contributed by atoms with Crippen molar-refractivity contribution >= 4 is 17.5 Å². The van der Waals surface area contributed by atoms with Gasteiger partial charge < -0.3 is 10.0 Å². The fourth-order valence-corrected chi connectivity index (χ4v) is 3.54. The standard InChI is InChI=1S/C20H22ClNO2/c1-13-6-7-14(2)18(8-13)20(24)22-11-16(19(23)12-22)9-15-4-3-5-17(21)10-15/h3-8,10,16,19,23H,9,11-12H2,1-2H3. The van der Waals surface area contributed by atoms with Crippen molar-refractivity contribution in [1.82, 2.24) is 4.90 Å². The Morgan fingerprint density at radius 3 is 2.75 bits per heavy atom. The zero-order valence-corrected chi connectivity index (χ0v) is 14.8. The van der Waals surface area contributed by atoms with Gasteiger partial charge in [-0.15, -0.1) is 0 Å². The van der Waals surface area contributed by atoms with Gasteiger partial charge in [0.1, 0.15) is 0 Å². The normalized spacial score (nSPS) is 20.4. The summed E-state index contributed by atoms with van der Waals surface area (Å²) in [6, 6.07) is 13.6. The Kier molecular flexibility index (Phi) is 4.93. The molecule has 1 N–H and O–H groups in total. The lowest BCUT2D eigenvalue weighted by Crippen LogP contribution is -2.30. The zero-order chi connectivity index (χ0) is 17.3. The maximum Gasteiger partial charge on any atom is 0.254 e. The smallest absolute Gasteiger partial charge is 0.254 e. The number of β-amino-alcohol motifs (C(OH)–C–C–N with tert-alkyl or cyclic N) is 1. The molecule has 0 saturated carbocycles. The van der Waals surface area contributed by atoms with Crippen LogP contribution in [0.1, 0.15) is 27.0 Å². The van der Waals surface area contributed by atoms with E-state index >= 15 is 0 Å². The highest BCUT2D eigenvalue weighted by Crippen LogP contribution is 2.25. The van der Waals surface area contributed by atoms with Gasteiger partial charge in [-0.05, 0) is 49.6 Å². The van der Waals surface area contributed by atoms with Gasteiger partial charge in [-0.2, -0.15) is 0 Å². The van der Waals surface area contributed by atoms with E-state index < -0.39 is 6.10 Å². The molecular weight excluding hydrogens is 322 g/mol. The van der Waals surface area contributed by atoms with Crippen LogP contribution in [0.4, 0.5) is 0 Å². The fourth-order valence-electron chi connectivity index (χ4n) is 3.32. The summed E-state index contributed by atoms with van der Waals surface area (Å²) < 4.78 is 0. The molecule has 3 nitrogen and oxygen atoms in total. The van der Waals surface area contributed by atoms with E-state index in [1.165, 1.54) is 0 Å². The summed E-state index contributed by atoms with van der Waals surface area (Å²) in [5, 5.41) is 11.1. The largest absolute Gasteiger partial charge is 0.391 e. The molecule has 4 heteroatoms. The van der Waals surface area contributed by atoms with Crippen molar-refractivity contribution in [2.45, 2.75) is 26.4 Å². The molecule has 2 aromatic carbocycles. The van der Waals surface area contributed by atoms with Crippen molar-refractivity contribution in [3.05, 3.63) is 69.7 Å². The molecule has 2 aromatic rings. The number of carbonyl (C=O) groups excluding carboxylic acids is 1. The molecule has 0 spiro atoms. The fraction of sp³-hybridized carbons (Fsp3) is 0.350. The van der Waals surface area contributed by atoms with Gasteiger partial charge in [0.15, 0.2) is 0 Å². The van der Waals surface area contributed by atoms with Crippen molar-refractivity contribution in [1.29, 1.82) is 0 Å². The average molecular weight is 344 g/mol. The molecule has 1 aliphatic rings. The number of aliphatic hydroxyl groups is 1. The minimum absolute atomic E-state index is 0.00356. The van der Waals surface area contributed by atoms with Crippen LogP contribution in [0, 0.1) is 19.8 Å². The van der Waals surface area contributed by atoms with Crippen LogP contribution >= 0.6 is 11.6 Å². The van der Waals surface area contributed by atoms with E-state index in [2.05, 4.69) is 0 Å². The van der Waals surface area contributed by atoms with Gasteiger partial charge in [0, 0.05) is 29.6 Å². The third-order valence-corrected chi connectivity index (χ3v) is 4.94. The summed E-state index contributed by atoms with van der Waals surface area (Å²) in [5.41, 5.74) is 3.86. The lowest BCUT2D eigenvalue weighted by molar-refractivity contribution is 0.0764. The molecule has 126 valence electrons. The maximum atomic E-state index is 12.8. The first-order valence-corrected chi connectivity index (χ1v) is 8.61. The quantitative estimate of drug-likeness (QED) is 0.924. The van der Waals surface area contributed by atoms with Crippen molar-refractivity contribution in [2.24, 2.45) is 5.92 Å². The monoisotopic (exact) mass is 343 g/mol. The molecule has 1 amide bonds. The van der Waals surface area contributed by atoms with E-state index in [1.54, 1.807) is 4.90 Å². The number of aliphatic hydroxyl groups excluding tert-OH is 1. The van der Waals surface area contributed by atoms with E-state index in [0.717, 1.165) is 28.7 Å². The summed E-state index contributed by atoms with van der Waals surface area (Å²) in [5.74, 6) is 0.0429. The lowest BCUT2D eigenvalue weighted by atomic mass is 9.97. The average Bonchev–Trinajstić information content (AvgIpc) is 2.90. The number of nitrogens with zero attached hydrogens (tertiary/aromatic N) is 1. The molecule has 0 aromatic heterocycles. The SMILES string of the molecule is Cc1ccc(C)c(C(=O)N2CC(O)C(Cc3cccc(Cl)c3)C2)c1. The van der Waals surface area contributed by atoms with Gasteiger partial charge in [0.05, 0.1) is 6.10 Å². The molecule has 0 bridgehead atoms. The Hall–Kier alpha value is -1.84. The first-order chi connectivity index (χ1) is 11.4. The number of amides is 1. The summed E-state index contributed by atoms with van der Waals surface area (Å²) in [4.78, 5) is 14.6. The van der Waals surface area contributed by atoms with E-state index in [1.807, 2.05) is 56.3 Å². The topological polar surface area (TPSA) is 40.5 Å². The van der Waals surface area contributed by atoms with Crippen LogP contribution in [0.15, 0.2) is 42.5 Å². The predicted molar refractivity (Wildman–Crippen MR) is 96.5 cm³/mol. The second-order valence-electron chi connectivity index (χ2n) is 6.69. The summed E-state index contributed by atoms with van der Waals surface area (Å²) in [6.45, 7) is 4.89. The highest BCUT2D eigenvalue weighted by molar-refractivity contribution is 6.30. The summed E-state index contributed by atoms with van der Waals surface area (Å²) in [6.07, 6.45) is 0.219. The molecule has 1 aliphatic heterocycles. The van der Waals surface area contributed by atoms with Gasteiger partial charge in [-0.25, -0.2) is 0 Å². The molecule has 0 aliphatic carbocycles. The van der Waals surface area contributed by atoms with Crippen LogP contribution in [0.5, 0.6) is 0 Å². The van der Waals surface area contributed by atoms with Crippen LogP contribution in [0.3, 0.4) is 0 Å². The van der Waals surface area contributed by atoms with Crippen LogP contribution in [-0.4, -0.2) is 35.1 Å². The molecule has 0 radical (unpaired) electrons. The summed E-state index contributed by atoms with van der Waals surface area (Å²) >= 11 is 6.03. The van der Waals surface area contributed by atoms with Gasteiger partial charge in [0.25, 0.3) is 5.91 Å². The van der Waals surface area contributed by atoms with Crippen molar-refractivity contribution in [2.75, 3.05) is 13.1 Å². The first-order valence-electron chi connectivity index (χ1n) is 8.23. The number of likely N-dealkylation sites (tertiary alicyclic amines) is 1. The Morgan fingerprint density at radius 1 is 1.21 bits per heavy atom. The van der Waals surface area contributed by atoms with Gasteiger partial charge in [-0.1, -0.05) is 41.4 Å². The summed E-state index contributed by atoms with van der Waals surface area (Å²) in [7, 11) is 0. The molecule has 2 unspecified atom stereocenters. The molecule has 1 fully saturated rings. The van der Waals surface area contributed by atoms with Gasteiger partial charge in [-0.3, -0.25) is 4.79 Å². The maximum absolute atomic E-state index is 12.8. The molecular formula is C20H22ClNO2. The second-order valence-corrected chi connectivity index (χ2v) is 7.13. The number of halogens is 1. The highest BCUT2D eigenvalue weighted by atomic mass is 35.5. The predicted octanol–water partition coefficient (Wildman–Crippen LogP) is 3.63. The van der Waals surface area contributed by atoms with E-state index in [-0.39, 0.29) is 11.8 Å². The van der Waals surface area contributed by atoms with Gasteiger partial charge >= 0.3 is 0 Å². The molecule has 3 rings (SSSR count). The van der Waals surface area contributed by atoms with Crippen molar-refractivity contribution in [3.63, 3.8) is 0 Å². The highest BCUT2D eigenvalue weighted by Gasteiger charge is 2.34. The Morgan fingerprint density at radius 2 is 2.00 bits per heavy atom. The molecule has 2 atom stereocenters. The van der Waals surface area contributed by atoms with Crippen LogP contribution in [-0.2, 0) is 6.42 Å². The van der Waals surface area contributed by atoms with Crippen LogP contribution < -0.4 is 0 Å². The number of benzene rings is 2. The number of carbonyl (C=O) groups is 1. The van der Waals surface area contributed by atoms with Crippen molar-refractivity contribution in [3.8, 4) is 0 Å². The number of hydrogen-bond acceptors (Lipinski definition) is 2. The Balaban J connectivity index is 1.73. The zero-order valence-electron chi connectivity index (χ0n) is 14.0. The Labute approximate surface area is 147 Å². The third-order valence-electron chi connectivity index (χ3n) is 4.70. The van der Waals surface area contributed by atoms with Crippen molar-refractivity contribution < 1.29 is 9.90 Å². The minimum Gasteiger partial charge on any atom is -0.391 e. The minimum atomic E-state index is -0.502. The molecule has 24 heavy (non-hydrogen) atoms. The second kappa shape index (κ2) is 6.96. The van der Waals surface area contributed by atoms with Gasteiger partial charge in [0.2, 0.25) is 0 Å². The van der Waals surface area contributed by atoms with E-state index in [9.17, 15) is 9.90 Å². The van der Waals surface area contributed by atoms with E-state index in [4.69, 9.17) is 11.6 Å². The number of hydrogen-bond donors (Lipinski definition) is 1. The van der Waals surface area contributed by atoms with Crippen LogP contribution in [0.25, 0.3) is 0 Å². The first kappa shape index (κ1) is 17.0. The molecule has 1 saturated heterocycles. The van der Waals surface area contributed by atoms with Crippen LogP contribution in [0.2, 0.25) is 5.02 Å². The molecule has 1 heterocycles. The Bertz CT molecular complexity index is 759.